The molecule has 0 bridgehead atoms. The zero-order chi connectivity index (χ0) is 33.5. The van der Waals surface area contributed by atoms with Crippen molar-refractivity contribution in [2.45, 2.75) is 19.8 Å². The van der Waals surface area contributed by atoms with Gasteiger partial charge in [0, 0.05) is 69.4 Å². The topological polar surface area (TPSA) is 144 Å². The molecular formula is C33H40ClN10O3+. The largest absolute Gasteiger partial charge is 0.397 e. The summed E-state index contributed by atoms with van der Waals surface area (Å²) in [5.41, 5.74) is 9.34. The average molecular weight is 660 g/mol. The van der Waals surface area contributed by atoms with E-state index >= 15 is 0 Å². The van der Waals surface area contributed by atoms with Gasteiger partial charge >= 0.3 is 0 Å². The number of aryl methyl sites for hydroxylation is 1. The van der Waals surface area contributed by atoms with E-state index in [0.29, 0.717) is 54.6 Å². The second-order valence-corrected chi connectivity index (χ2v) is 13.4. The summed E-state index contributed by atoms with van der Waals surface area (Å²) in [5, 5.41) is 7.63. The zero-order valence-electron chi connectivity index (χ0n) is 27.1. The number of piperazine rings is 1. The lowest BCUT2D eigenvalue weighted by atomic mass is 9.94. The number of nitrogens with zero attached hydrogens (tertiary/aromatic N) is 8. The van der Waals surface area contributed by atoms with Crippen LogP contribution in [0.25, 0.3) is 17.1 Å². The molecule has 1 aromatic carbocycles. The van der Waals surface area contributed by atoms with E-state index in [9.17, 15) is 14.4 Å². The van der Waals surface area contributed by atoms with Crippen LogP contribution in [0.3, 0.4) is 0 Å². The number of benzene rings is 1. The van der Waals surface area contributed by atoms with Crippen LogP contribution in [0.2, 0.25) is 5.02 Å². The molecule has 2 saturated heterocycles. The Morgan fingerprint density at radius 3 is 2.34 bits per heavy atom. The summed E-state index contributed by atoms with van der Waals surface area (Å²) in [6, 6.07) is 8.36. The van der Waals surface area contributed by atoms with Gasteiger partial charge in [-0.3, -0.25) is 14.4 Å². The van der Waals surface area contributed by atoms with Crippen molar-refractivity contribution < 1.29 is 18.9 Å². The second kappa shape index (κ2) is 12.8. The van der Waals surface area contributed by atoms with E-state index < -0.39 is 5.91 Å². The number of carbonyl (C=O) groups is 3. The van der Waals surface area contributed by atoms with Crippen molar-refractivity contribution in [3.05, 3.63) is 71.0 Å². The first-order chi connectivity index (χ1) is 22.4. The first kappa shape index (κ1) is 32.2. The normalized spacial score (nSPS) is 16.7. The molecule has 0 unspecified atom stereocenters. The van der Waals surface area contributed by atoms with Crippen LogP contribution < -0.4 is 11.1 Å². The fraction of sp³-hybridized carbons (Fsp3) is 0.394. The number of quaternary nitrogens is 1. The Labute approximate surface area is 278 Å². The van der Waals surface area contributed by atoms with Crippen molar-refractivity contribution in [3.63, 3.8) is 0 Å². The number of piperidine rings is 1. The molecule has 2 fully saturated rings. The highest BCUT2D eigenvalue weighted by Gasteiger charge is 2.35. The standard InChI is InChI=1S/C33H39ClN10O3/c1-21-26(20-43(39-21)29-8-5-23(35)18-36-29)28-19-37-30(40(28)2)31(45)38-24-6-7-25(27(34)17-24)33(47)42-13-11-41(12-14-42)32(46)22-9-15-44(3,4)16-10-22/h5-8,17-20,22H,9-16,35H2,1-4H3/p+1. The Morgan fingerprint density at radius 1 is 0.979 bits per heavy atom. The van der Waals surface area contributed by atoms with Gasteiger partial charge in [0.05, 0.1) is 67.2 Å². The van der Waals surface area contributed by atoms with Crippen molar-refractivity contribution in [3.8, 4) is 17.1 Å². The van der Waals surface area contributed by atoms with Crippen LogP contribution in [0, 0.1) is 12.8 Å². The number of nitrogen functional groups attached to an aromatic ring is 1. The molecule has 0 radical (unpaired) electrons. The number of amides is 3. The maximum absolute atomic E-state index is 13.4. The highest BCUT2D eigenvalue weighted by atomic mass is 35.5. The number of hydrogen-bond donors (Lipinski definition) is 2. The van der Waals surface area contributed by atoms with Crippen LogP contribution in [-0.4, -0.2) is 110 Å². The van der Waals surface area contributed by atoms with Crippen LogP contribution in [0.15, 0.2) is 48.9 Å². The fourth-order valence-corrected chi connectivity index (χ4v) is 6.52. The summed E-state index contributed by atoms with van der Waals surface area (Å²) in [4.78, 5) is 52.0. The Kier molecular flexibility index (Phi) is 8.77. The molecule has 0 spiro atoms. The van der Waals surface area contributed by atoms with Gasteiger partial charge in [0.2, 0.25) is 5.91 Å². The van der Waals surface area contributed by atoms with Crippen molar-refractivity contribution in [2.24, 2.45) is 13.0 Å². The van der Waals surface area contributed by atoms with Crippen LogP contribution >= 0.6 is 11.6 Å². The molecule has 0 aliphatic carbocycles. The summed E-state index contributed by atoms with van der Waals surface area (Å²) in [6.45, 7) is 5.79. The smallest absolute Gasteiger partial charge is 0.291 e. The number of rotatable bonds is 6. The number of hydrogen-bond acceptors (Lipinski definition) is 7. The Balaban J connectivity index is 1.07. The lowest BCUT2D eigenvalue weighted by molar-refractivity contribution is -0.895. The molecule has 47 heavy (non-hydrogen) atoms. The highest BCUT2D eigenvalue weighted by molar-refractivity contribution is 6.34. The minimum atomic E-state index is -0.430. The molecule has 14 heteroatoms. The number of imidazole rings is 1. The maximum atomic E-state index is 13.4. The van der Waals surface area contributed by atoms with E-state index in [4.69, 9.17) is 17.3 Å². The number of anilines is 2. The summed E-state index contributed by atoms with van der Waals surface area (Å²) in [7, 11) is 6.16. The molecule has 4 aromatic rings. The van der Waals surface area contributed by atoms with Crippen LogP contribution in [0.1, 0.15) is 39.5 Å². The van der Waals surface area contributed by atoms with Crippen molar-refractivity contribution in [1.82, 2.24) is 34.1 Å². The minimum Gasteiger partial charge on any atom is -0.397 e. The van der Waals surface area contributed by atoms with Crippen molar-refractivity contribution in [2.75, 3.05) is 64.4 Å². The monoisotopic (exact) mass is 659 g/mol. The Bertz CT molecular complexity index is 1810. The van der Waals surface area contributed by atoms with Gasteiger partial charge in [0.15, 0.2) is 11.6 Å². The molecule has 2 aliphatic rings. The number of pyridine rings is 1. The minimum absolute atomic E-state index is 0.0685. The average Bonchev–Trinajstić information content (AvgIpc) is 3.62. The first-order valence-corrected chi connectivity index (χ1v) is 16.1. The molecule has 6 rings (SSSR count). The van der Waals surface area contributed by atoms with Gasteiger partial charge in [-0.1, -0.05) is 11.6 Å². The molecular weight excluding hydrogens is 620 g/mol. The van der Waals surface area contributed by atoms with Crippen molar-refractivity contribution in [1.29, 1.82) is 0 Å². The molecule has 5 heterocycles. The van der Waals surface area contributed by atoms with E-state index in [0.717, 1.165) is 41.7 Å². The van der Waals surface area contributed by atoms with Gasteiger partial charge in [-0.05, 0) is 37.3 Å². The van der Waals surface area contributed by atoms with E-state index in [1.807, 2.05) is 18.0 Å². The molecule has 0 atom stereocenters. The highest BCUT2D eigenvalue weighted by Crippen LogP contribution is 2.27. The number of carbonyl (C=O) groups excluding carboxylic acids is 3. The van der Waals surface area contributed by atoms with E-state index in [-0.39, 0.29) is 28.6 Å². The number of halogens is 1. The van der Waals surface area contributed by atoms with E-state index in [1.165, 1.54) is 0 Å². The maximum Gasteiger partial charge on any atom is 0.291 e. The molecule has 13 nitrogen and oxygen atoms in total. The third kappa shape index (κ3) is 6.72. The summed E-state index contributed by atoms with van der Waals surface area (Å²) in [6.07, 6.45) is 6.82. The van der Waals surface area contributed by atoms with Gasteiger partial charge < -0.3 is 29.9 Å². The quantitative estimate of drug-likeness (QED) is 0.303. The van der Waals surface area contributed by atoms with Gasteiger partial charge in [-0.15, -0.1) is 0 Å². The molecule has 0 saturated carbocycles. The first-order valence-electron chi connectivity index (χ1n) is 15.7. The third-order valence-electron chi connectivity index (χ3n) is 9.22. The van der Waals surface area contributed by atoms with Gasteiger partial charge in [0.25, 0.3) is 11.8 Å². The SMILES string of the molecule is Cc1nn(-c2ccc(N)cn2)cc1-c1cnc(C(=O)Nc2ccc(C(=O)N3CCN(C(=O)C4CC[N+](C)(C)CC4)CC3)c(Cl)c2)n1C. The lowest BCUT2D eigenvalue weighted by Crippen LogP contribution is -2.54. The lowest BCUT2D eigenvalue weighted by Gasteiger charge is -2.40. The predicted octanol–water partition coefficient (Wildman–Crippen LogP) is 3.23. The second-order valence-electron chi connectivity index (χ2n) is 13.0. The Morgan fingerprint density at radius 2 is 1.68 bits per heavy atom. The summed E-state index contributed by atoms with van der Waals surface area (Å²) < 4.78 is 4.30. The number of nitrogens with one attached hydrogen (secondary N) is 1. The fourth-order valence-electron chi connectivity index (χ4n) is 6.26. The van der Waals surface area contributed by atoms with Crippen molar-refractivity contribution >= 4 is 40.7 Å². The Hall–Kier alpha value is -4.75. The summed E-state index contributed by atoms with van der Waals surface area (Å²) in [5.74, 6) is 0.450. The van der Waals surface area contributed by atoms with Crippen LogP contribution in [0.4, 0.5) is 11.4 Å². The van der Waals surface area contributed by atoms with E-state index in [1.54, 1.807) is 63.9 Å². The molecule has 3 N–H and O–H groups in total. The van der Waals surface area contributed by atoms with Crippen LogP contribution in [-0.2, 0) is 11.8 Å². The zero-order valence-corrected chi connectivity index (χ0v) is 27.9. The van der Waals surface area contributed by atoms with Crippen LogP contribution in [0.5, 0.6) is 0 Å². The third-order valence-corrected chi connectivity index (χ3v) is 9.54. The number of likely N-dealkylation sites (tertiary alicyclic amines) is 1. The molecule has 3 amide bonds. The van der Waals surface area contributed by atoms with Gasteiger partial charge in [-0.25, -0.2) is 14.6 Å². The van der Waals surface area contributed by atoms with Gasteiger partial charge in [0.1, 0.15) is 0 Å². The van der Waals surface area contributed by atoms with E-state index in [2.05, 4.69) is 34.5 Å². The molecule has 2 aliphatic heterocycles. The predicted molar refractivity (Wildman–Crippen MR) is 179 cm³/mol. The summed E-state index contributed by atoms with van der Waals surface area (Å²) >= 11 is 6.56. The number of nitrogens with two attached hydrogens (primary N) is 1. The molecule has 3 aromatic heterocycles. The molecule has 246 valence electrons. The number of aromatic nitrogens is 5. The van der Waals surface area contributed by atoms with Gasteiger partial charge in [-0.2, -0.15) is 5.10 Å².